The fourth-order valence-corrected chi connectivity index (χ4v) is 2.95. The average molecular weight is 296 g/mol. The van der Waals surface area contributed by atoms with E-state index >= 15 is 0 Å². The van der Waals surface area contributed by atoms with E-state index in [-0.39, 0.29) is 5.91 Å². The number of carbonyl (C=O) groups excluding carboxylic acids is 1. The number of nitrogens with zero attached hydrogens (tertiary/aromatic N) is 2. The fraction of sp³-hybridized carbons (Fsp3) is 0.714. The number of hydrogen-bond acceptors (Lipinski definition) is 5. The predicted molar refractivity (Wildman–Crippen MR) is 84.4 cm³/mol. The van der Waals surface area contributed by atoms with Crippen LogP contribution < -0.4 is 16.0 Å². The van der Waals surface area contributed by atoms with Crippen LogP contribution in [-0.4, -0.2) is 29.4 Å². The number of hydrogen-bond donors (Lipinski definition) is 2. The Balaban J connectivity index is 2.18. The van der Waals surface area contributed by atoms with Crippen LogP contribution in [0.25, 0.3) is 0 Å². The van der Waals surface area contributed by atoms with Gasteiger partial charge in [0.2, 0.25) is 0 Å². The molecule has 0 bridgehead atoms. The molecule has 20 heavy (non-hydrogen) atoms. The average Bonchev–Trinajstić information content (AvgIpc) is 3.16. The zero-order valence-electron chi connectivity index (χ0n) is 12.5. The van der Waals surface area contributed by atoms with Crippen molar-refractivity contribution in [2.75, 3.05) is 23.7 Å². The Bertz CT molecular complexity index is 470. The molecule has 0 aliphatic heterocycles. The van der Waals surface area contributed by atoms with Crippen LogP contribution in [0.5, 0.6) is 0 Å². The van der Waals surface area contributed by atoms with E-state index in [1.165, 1.54) is 11.5 Å². The highest BCUT2D eigenvalue weighted by molar-refractivity contribution is 7.11. The van der Waals surface area contributed by atoms with Crippen LogP contribution in [0.4, 0.5) is 10.8 Å². The molecule has 1 aliphatic rings. The molecule has 0 saturated heterocycles. The molecule has 1 fully saturated rings. The number of anilines is 2. The second-order valence-corrected chi connectivity index (χ2v) is 6.30. The lowest BCUT2D eigenvalue weighted by Gasteiger charge is -2.25. The van der Waals surface area contributed by atoms with Crippen LogP contribution in [0.3, 0.4) is 0 Å². The van der Waals surface area contributed by atoms with Crippen molar-refractivity contribution in [2.45, 2.75) is 46.1 Å². The van der Waals surface area contributed by atoms with Gasteiger partial charge < -0.3 is 16.0 Å². The van der Waals surface area contributed by atoms with E-state index in [4.69, 9.17) is 5.73 Å². The van der Waals surface area contributed by atoms with Gasteiger partial charge in [-0.2, -0.15) is 4.37 Å². The van der Waals surface area contributed by atoms with Gasteiger partial charge >= 0.3 is 0 Å². The second kappa shape index (κ2) is 6.43. The van der Waals surface area contributed by atoms with Crippen LogP contribution in [0.15, 0.2) is 0 Å². The summed E-state index contributed by atoms with van der Waals surface area (Å²) in [6.07, 6.45) is 3.26. The molecule has 1 aromatic rings. The van der Waals surface area contributed by atoms with E-state index in [2.05, 4.69) is 35.4 Å². The van der Waals surface area contributed by atoms with Gasteiger partial charge in [-0.25, -0.2) is 0 Å². The summed E-state index contributed by atoms with van der Waals surface area (Å²) in [5.41, 5.74) is 6.47. The molecule has 0 spiro atoms. The van der Waals surface area contributed by atoms with Gasteiger partial charge in [0, 0.05) is 19.1 Å². The predicted octanol–water partition coefficient (Wildman–Crippen LogP) is 2.49. The summed E-state index contributed by atoms with van der Waals surface area (Å²) < 4.78 is 4.18. The zero-order valence-corrected chi connectivity index (χ0v) is 13.3. The molecule has 1 aliphatic carbocycles. The Morgan fingerprint density at radius 2 is 2.25 bits per heavy atom. The summed E-state index contributed by atoms with van der Waals surface area (Å²) in [5.74, 6) is 0.861. The molecule has 2 rings (SSSR count). The van der Waals surface area contributed by atoms with Gasteiger partial charge in [-0.1, -0.05) is 20.3 Å². The second-order valence-electron chi connectivity index (χ2n) is 5.55. The zero-order chi connectivity index (χ0) is 14.7. The molecule has 1 amide bonds. The minimum Gasteiger partial charge on any atom is -0.382 e. The summed E-state index contributed by atoms with van der Waals surface area (Å²) in [6, 6.07) is 0.333. The van der Waals surface area contributed by atoms with Crippen LogP contribution in [0.1, 0.15) is 50.4 Å². The van der Waals surface area contributed by atoms with Crippen LogP contribution in [-0.2, 0) is 0 Å². The standard InChI is InChI=1S/C14H24N4OS/c1-4-9(3)8-18(5-2)14-11(12(15)17-20-14)13(19)16-10-6-7-10/h9-10H,4-8H2,1-3H3,(H2,15,17)(H,16,19). The first-order valence-electron chi connectivity index (χ1n) is 7.37. The first kappa shape index (κ1) is 15.1. The van der Waals surface area contributed by atoms with Crippen molar-refractivity contribution in [3.63, 3.8) is 0 Å². The van der Waals surface area contributed by atoms with E-state index < -0.39 is 0 Å². The molecular formula is C14H24N4OS. The van der Waals surface area contributed by atoms with Crippen molar-refractivity contribution >= 4 is 28.3 Å². The number of nitrogen functional groups attached to an aromatic ring is 1. The largest absolute Gasteiger partial charge is 0.382 e. The lowest BCUT2D eigenvalue weighted by molar-refractivity contribution is 0.0952. The molecule has 0 radical (unpaired) electrons. The van der Waals surface area contributed by atoms with E-state index in [0.717, 1.165) is 37.4 Å². The summed E-state index contributed by atoms with van der Waals surface area (Å²) >= 11 is 1.33. The molecule has 112 valence electrons. The lowest BCUT2D eigenvalue weighted by Crippen LogP contribution is -2.31. The minimum absolute atomic E-state index is 0.0728. The smallest absolute Gasteiger partial charge is 0.258 e. The summed E-state index contributed by atoms with van der Waals surface area (Å²) in [4.78, 5) is 14.5. The van der Waals surface area contributed by atoms with Gasteiger partial charge in [0.15, 0.2) is 5.82 Å². The number of nitrogens with one attached hydrogen (secondary N) is 1. The van der Waals surface area contributed by atoms with Gasteiger partial charge in [-0.05, 0) is 37.2 Å². The quantitative estimate of drug-likeness (QED) is 0.811. The SMILES string of the molecule is CCC(C)CN(CC)c1snc(N)c1C(=O)NC1CC1. The first-order valence-corrected chi connectivity index (χ1v) is 8.15. The normalized spacial score (nSPS) is 15.9. The summed E-state index contributed by atoms with van der Waals surface area (Å²) in [5, 5.41) is 3.91. The maximum Gasteiger partial charge on any atom is 0.258 e. The molecule has 1 heterocycles. The molecule has 1 saturated carbocycles. The van der Waals surface area contributed by atoms with Gasteiger partial charge in [0.1, 0.15) is 10.6 Å². The van der Waals surface area contributed by atoms with E-state index in [9.17, 15) is 4.79 Å². The van der Waals surface area contributed by atoms with Gasteiger partial charge in [0.05, 0.1) is 0 Å². The van der Waals surface area contributed by atoms with E-state index in [0.29, 0.717) is 23.3 Å². The summed E-state index contributed by atoms with van der Waals surface area (Å²) in [7, 11) is 0. The van der Waals surface area contributed by atoms with Gasteiger partial charge in [-0.3, -0.25) is 4.79 Å². The Hall–Kier alpha value is -1.30. The molecule has 1 unspecified atom stereocenters. The summed E-state index contributed by atoms with van der Waals surface area (Å²) in [6.45, 7) is 8.28. The van der Waals surface area contributed by atoms with Crippen molar-refractivity contribution in [3.05, 3.63) is 5.56 Å². The van der Waals surface area contributed by atoms with Gasteiger partial charge in [0.25, 0.3) is 5.91 Å². The minimum atomic E-state index is -0.0728. The maximum absolute atomic E-state index is 12.3. The maximum atomic E-state index is 12.3. The third-order valence-corrected chi connectivity index (χ3v) is 4.66. The van der Waals surface area contributed by atoms with Crippen molar-refractivity contribution in [1.82, 2.24) is 9.69 Å². The monoisotopic (exact) mass is 296 g/mol. The van der Waals surface area contributed by atoms with Crippen molar-refractivity contribution in [2.24, 2.45) is 5.92 Å². The highest BCUT2D eigenvalue weighted by Crippen LogP contribution is 2.32. The number of rotatable bonds is 7. The van der Waals surface area contributed by atoms with Crippen molar-refractivity contribution in [3.8, 4) is 0 Å². The third-order valence-electron chi connectivity index (χ3n) is 3.74. The number of amides is 1. The van der Waals surface area contributed by atoms with Crippen LogP contribution >= 0.6 is 11.5 Å². The fourth-order valence-electron chi connectivity index (χ4n) is 2.07. The van der Waals surface area contributed by atoms with Crippen LogP contribution in [0, 0.1) is 5.92 Å². The Morgan fingerprint density at radius 1 is 1.55 bits per heavy atom. The molecular weight excluding hydrogens is 272 g/mol. The highest BCUT2D eigenvalue weighted by Gasteiger charge is 2.29. The lowest BCUT2D eigenvalue weighted by atomic mass is 10.1. The Morgan fingerprint density at radius 3 is 2.80 bits per heavy atom. The Kier molecular flexibility index (Phi) is 4.86. The molecule has 0 aromatic carbocycles. The molecule has 6 heteroatoms. The topological polar surface area (TPSA) is 71.2 Å². The molecule has 1 aromatic heterocycles. The van der Waals surface area contributed by atoms with E-state index in [1.807, 2.05) is 0 Å². The first-order chi connectivity index (χ1) is 9.56. The van der Waals surface area contributed by atoms with E-state index in [1.54, 1.807) is 0 Å². The number of nitrogens with two attached hydrogens (primary N) is 1. The third kappa shape index (κ3) is 3.42. The Labute approximate surface area is 124 Å². The number of aromatic nitrogens is 1. The molecule has 5 nitrogen and oxygen atoms in total. The van der Waals surface area contributed by atoms with Crippen molar-refractivity contribution < 1.29 is 4.79 Å². The molecule has 1 atom stereocenters. The molecule has 3 N–H and O–H groups in total. The van der Waals surface area contributed by atoms with Crippen LogP contribution in [0.2, 0.25) is 0 Å². The van der Waals surface area contributed by atoms with Gasteiger partial charge in [-0.15, -0.1) is 0 Å². The number of carbonyl (C=O) groups is 1. The van der Waals surface area contributed by atoms with Crippen molar-refractivity contribution in [1.29, 1.82) is 0 Å². The highest BCUT2D eigenvalue weighted by atomic mass is 32.1.